The minimum Gasteiger partial charge on any atom is -0.484 e. The molecule has 0 aliphatic carbocycles. The zero-order valence-corrected chi connectivity index (χ0v) is 17.4. The Morgan fingerprint density at radius 1 is 1.00 bits per heavy atom. The Hall–Kier alpha value is -3.90. The summed E-state index contributed by atoms with van der Waals surface area (Å²) in [7, 11) is 0. The van der Waals surface area contributed by atoms with Crippen LogP contribution in [-0.2, 0) is 11.2 Å². The van der Waals surface area contributed by atoms with E-state index in [0.717, 1.165) is 11.1 Å². The first-order valence-electron chi connectivity index (χ1n) is 10.3. The molecule has 0 aliphatic rings. The van der Waals surface area contributed by atoms with Crippen LogP contribution in [-0.4, -0.2) is 30.3 Å². The predicted octanol–water partition coefficient (Wildman–Crippen LogP) is 3.56. The second-order valence-electron chi connectivity index (χ2n) is 7.43. The van der Waals surface area contributed by atoms with Gasteiger partial charge in [0.05, 0.1) is 23.6 Å². The number of carbonyl (C=O) groups is 1. The molecule has 0 fully saturated rings. The molecule has 0 spiro atoms. The van der Waals surface area contributed by atoms with Gasteiger partial charge in [0.25, 0.3) is 5.91 Å². The first kappa shape index (κ1) is 21.3. The lowest BCUT2D eigenvalue weighted by atomic mass is 10.1. The predicted molar refractivity (Wildman–Crippen MR) is 123 cm³/mol. The molecule has 6 heteroatoms. The van der Waals surface area contributed by atoms with Gasteiger partial charge in [0, 0.05) is 6.07 Å². The number of aliphatic hydroxyl groups is 1. The summed E-state index contributed by atoms with van der Waals surface area (Å²) < 4.78 is 11.2. The number of fused-ring (bicyclic) bond motifs is 1. The van der Waals surface area contributed by atoms with Crippen molar-refractivity contribution in [2.45, 2.75) is 12.5 Å². The Labute approximate surface area is 185 Å². The molecule has 0 saturated carbocycles. The second-order valence-corrected chi connectivity index (χ2v) is 7.43. The van der Waals surface area contributed by atoms with E-state index in [1.807, 2.05) is 60.7 Å². The second kappa shape index (κ2) is 9.94. The van der Waals surface area contributed by atoms with E-state index in [1.54, 1.807) is 18.2 Å². The van der Waals surface area contributed by atoms with Crippen LogP contribution in [0.25, 0.3) is 22.1 Å². The summed E-state index contributed by atoms with van der Waals surface area (Å²) in [5, 5.41) is 12.8. The number of benzene rings is 3. The van der Waals surface area contributed by atoms with E-state index in [2.05, 4.69) is 5.32 Å². The summed E-state index contributed by atoms with van der Waals surface area (Å²) in [6.07, 6.45) is 1.96. The van der Waals surface area contributed by atoms with Crippen LogP contribution in [0.15, 0.2) is 94.3 Å². The SMILES string of the molecule is O=C(COc1ccc2c(=O)c(-c3ccccc3)coc2c1)NC(CO)Cc1ccccc1. The van der Waals surface area contributed by atoms with Crippen LogP contribution in [0.3, 0.4) is 0 Å². The summed E-state index contributed by atoms with van der Waals surface area (Å²) in [6.45, 7) is -0.394. The van der Waals surface area contributed by atoms with Crippen LogP contribution in [0.5, 0.6) is 5.75 Å². The van der Waals surface area contributed by atoms with E-state index < -0.39 is 6.04 Å². The topological polar surface area (TPSA) is 88.8 Å². The van der Waals surface area contributed by atoms with E-state index in [4.69, 9.17) is 9.15 Å². The zero-order valence-electron chi connectivity index (χ0n) is 17.4. The van der Waals surface area contributed by atoms with Crippen LogP contribution < -0.4 is 15.5 Å². The molecule has 0 saturated heterocycles. The molecule has 6 nitrogen and oxygen atoms in total. The normalized spacial score (nSPS) is 11.8. The third kappa shape index (κ3) is 5.04. The quantitative estimate of drug-likeness (QED) is 0.447. The first-order chi connectivity index (χ1) is 15.6. The Bertz CT molecular complexity index is 1250. The van der Waals surface area contributed by atoms with Crippen molar-refractivity contribution in [3.63, 3.8) is 0 Å². The van der Waals surface area contributed by atoms with Crippen molar-refractivity contribution in [3.8, 4) is 16.9 Å². The molecule has 1 amide bonds. The van der Waals surface area contributed by atoms with Crippen molar-refractivity contribution in [2.75, 3.05) is 13.2 Å². The van der Waals surface area contributed by atoms with Crippen molar-refractivity contribution in [2.24, 2.45) is 0 Å². The molecule has 0 aliphatic heterocycles. The molecular weight excluding hydrogens is 406 g/mol. The van der Waals surface area contributed by atoms with Gasteiger partial charge in [-0.15, -0.1) is 0 Å². The summed E-state index contributed by atoms with van der Waals surface area (Å²) in [4.78, 5) is 25.1. The van der Waals surface area contributed by atoms with Crippen LogP contribution in [0.2, 0.25) is 0 Å². The third-order valence-electron chi connectivity index (χ3n) is 5.11. The van der Waals surface area contributed by atoms with Gasteiger partial charge in [0.1, 0.15) is 17.6 Å². The fraction of sp³-hybridized carbons (Fsp3) is 0.154. The lowest BCUT2D eigenvalue weighted by molar-refractivity contribution is -0.124. The van der Waals surface area contributed by atoms with Crippen molar-refractivity contribution < 1.29 is 19.1 Å². The number of carbonyl (C=O) groups excluding carboxylic acids is 1. The molecule has 1 unspecified atom stereocenters. The summed E-state index contributed by atoms with van der Waals surface area (Å²) >= 11 is 0. The number of hydrogen-bond donors (Lipinski definition) is 2. The van der Waals surface area contributed by atoms with Gasteiger partial charge in [-0.2, -0.15) is 0 Å². The molecule has 1 aromatic heterocycles. The van der Waals surface area contributed by atoms with Crippen LogP contribution in [0, 0.1) is 0 Å². The lowest BCUT2D eigenvalue weighted by Crippen LogP contribution is -2.41. The fourth-order valence-electron chi connectivity index (χ4n) is 3.49. The highest BCUT2D eigenvalue weighted by molar-refractivity contribution is 5.83. The molecule has 0 bridgehead atoms. The van der Waals surface area contributed by atoms with Gasteiger partial charge in [-0.05, 0) is 29.7 Å². The number of ether oxygens (including phenoxy) is 1. The van der Waals surface area contributed by atoms with Crippen molar-refractivity contribution in [3.05, 3.63) is 101 Å². The van der Waals surface area contributed by atoms with Crippen molar-refractivity contribution >= 4 is 16.9 Å². The number of amides is 1. The summed E-state index contributed by atoms with van der Waals surface area (Å²) in [5.74, 6) is 0.0628. The van der Waals surface area contributed by atoms with E-state index in [0.29, 0.717) is 28.7 Å². The number of aliphatic hydroxyl groups excluding tert-OH is 1. The monoisotopic (exact) mass is 429 g/mol. The van der Waals surface area contributed by atoms with Gasteiger partial charge in [0.15, 0.2) is 12.0 Å². The molecule has 0 radical (unpaired) electrons. The minimum atomic E-state index is -0.403. The van der Waals surface area contributed by atoms with Gasteiger partial charge in [0.2, 0.25) is 0 Å². The van der Waals surface area contributed by atoms with Crippen LogP contribution in [0.1, 0.15) is 5.56 Å². The van der Waals surface area contributed by atoms with Crippen LogP contribution >= 0.6 is 0 Å². The van der Waals surface area contributed by atoms with E-state index >= 15 is 0 Å². The number of hydrogen-bond acceptors (Lipinski definition) is 5. The van der Waals surface area contributed by atoms with Gasteiger partial charge >= 0.3 is 0 Å². The highest BCUT2D eigenvalue weighted by atomic mass is 16.5. The van der Waals surface area contributed by atoms with Gasteiger partial charge in [-0.3, -0.25) is 9.59 Å². The molecule has 4 aromatic rings. The summed E-state index contributed by atoms with van der Waals surface area (Å²) in [5.41, 5.74) is 2.54. The molecule has 1 heterocycles. The van der Waals surface area contributed by atoms with Crippen LogP contribution in [0.4, 0.5) is 0 Å². The van der Waals surface area contributed by atoms with Gasteiger partial charge < -0.3 is 19.6 Å². The Balaban J connectivity index is 1.41. The highest BCUT2D eigenvalue weighted by Crippen LogP contribution is 2.23. The maximum Gasteiger partial charge on any atom is 0.258 e. The largest absolute Gasteiger partial charge is 0.484 e. The minimum absolute atomic E-state index is 0.131. The molecule has 1 atom stereocenters. The lowest BCUT2D eigenvalue weighted by Gasteiger charge is -2.16. The average Bonchev–Trinajstić information content (AvgIpc) is 2.83. The Kier molecular flexibility index (Phi) is 6.63. The molecule has 3 aromatic carbocycles. The Morgan fingerprint density at radius 3 is 2.44 bits per heavy atom. The molecule has 32 heavy (non-hydrogen) atoms. The molecular formula is C26H23NO5. The highest BCUT2D eigenvalue weighted by Gasteiger charge is 2.14. The maximum absolute atomic E-state index is 12.8. The smallest absolute Gasteiger partial charge is 0.258 e. The van der Waals surface area contributed by atoms with Gasteiger partial charge in [-0.1, -0.05) is 60.7 Å². The average molecular weight is 429 g/mol. The maximum atomic E-state index is 12.8. The van der Waals surface area contributed by atoms with Crippen molar-refractivity contribution in [1.29, 1.82) is 0 Å². The van der Waals surface area contributed by atoms with Crippen molar-refractivity contribution in [1.82, 2.24) is 5.32 Å². The van der Waals surface area contributed by atoms with E-state index in [9.17, 15) is 14.7 Å². The van der Waals surface area contributed by atoms with Gasteiger partial charge in [-0.25, -0.2) is 0 Å². The Morgan fingerprint density at radius 2 is 1.72 bits per heavy atom. The van der Waals surface area contributed by atoms with E-state index in [1.165, 1.54) is 6.26 Å². The fourth-order valence-corrected chi connectivity index (χ4v) is 3.49. The standard InChI is InChI=1S/C26H23NO5/c28-15-20(13-18-7-3-1-4-8-18)27-25(29)17-31-21-11-12-22-24(14-21)32-16-23(26(22)30)19-9-5-2-6-10-19/h1-12,14,16,20,28H,13,15,17H2,(H,27,29). The van der Waals surface area contributed by atoms with E-state index in [-0.39, 0.29) is 24.5 Å². The first-order valence-corrected chi connectivity index (χ1v) is 10.3. The zero-order chi connectivity index (χ0) is 22.3. The molecule has 4 rings (SSSR count). The molecule has 2 N–H and O–H groups in total. The third-order valence-corrected chi connectivity index (χ3v) is 5.11. The number of nitrogens with one attached hydrogen (secondary N) is 1. The summed E-state index contributed by atoms with van der Waals surface area (Å²) in [6, 6.07) is 23.4. The number of rotatable bonds is 8. The molecule has 162 valence electrons.